The second-order valence-electron chi connectivity index (χ2n) is 5.41. The van der Waals surface area contributed by atoms with Crippen molar-refractivity contribution in [3.8, 4) is 11.4 Å². The van der Waals surface area contributed by atoms with Gasteiger partial charge in [-0.3, -0.25) is 14.9 Å². The molecule has 0 radical (unpaired) electrons. The van der Waals surface area contributed by atoms with Crippen LogP contribution in [-0.2, 0) is 16.6 Å². The highest BCUT2D eigenvalue weighted by Gasteiger charge is 2.33. The van der Waals surface area contributed by atoms with Crippen LogP contribution >= 0.6 is 11.6 Å². The second kappa shape index (κ2) is 6.00. The molecule has 1 atom stereocenters. The van der Waals surface area contributed by atoms with Gasteiger partial charge in [-0.2, -0.15) is 4.98 Å². The predicted molar refractivity (Wildman–Crippen MR) is 85.9 cm³/mol. The van der Waals surface area contributed by atoms with Crippen molar-refractivity contribution < 1.29 is 9.59 Å². The molecule has 0 spiro atoms. The van der Waals surface area contributed by atoms with Gasteiger partial charge in [0.15, 0.2) is 5.82 Å². The zero-order valence-corrected chi connectivity index (χ0v) is 13.5. The number of hydrogen-bond acceptors (Lipinski definition) is 4. The van der Waals surface area contributed by atoms with Gasteiger partial charge in [-0.25, -0.2) is 4.68 Å². The molecule has 0 unspecified atom stereocenters. The van der Waals surface area contributed by atoms with Crippen molar-refractivity contribution in [2.75, 3.05) is 12.4 Å². The number of carbonyl (C=O) groups excluding carboxylic acids is 2. The van der Waals surface area contributed by atoms with Gasteiger partial charge in [0.2, 0.25) is 17.8 Å². The SMILES string of the molecule is CN1C(=O)CC[C@@H]1C(=O)Nc1nc(-c2ccccc2Cl)nn1C. The van der Waals surface area contributed by atoms with Gasteiger partial charge >= 0.3 is 0 Å². The smallest absolute Gasteiger partial charge is 0.249 e. The zero-order chi connectivity index (χ0) is 16.6. The molecule has 2 heterocycles. The maximum Gasteiger partial charge on any atom is 0.249 e. The van der Waals surface area contributed by atoms with Crippen LogP contribution in [0.3, 0.4) is 0 Å². The van der Waals surface area contributed by atoms with Crippen LogP contribution in [-0.4, -0.2) is 44.6 Å². The highest BCUT2D eigenvalue weighted by Crippen LogP contribution is 2.26. The lowest BCUT2D eigenvalue weighted by molar-refractivity contribution is -0.131. The summed E-state index contributed by atoms with van der Waals surface area (Å²) in [5.41, 5.74) is 0.693. The van der Waals surface area contributed by atoms with Crippen molar-refractivity contribution in [3.63, 3.8) is 0 Å². The third-order valence-electron chi connectivity index (χ3n) is 3.91. The molecular weight excluding hydrogens is 318 g/mol. The molecule has 1 aliphatic heterocycles. The molecule has 7 nitrogen and oxygen atoms in total. The molecule has 23 heavy (non-hydrogen) atoms. The Kier molecular flexibility index (Phi) is 4.04. The summed E-state index contributed by atoms with van der Waals surface area (Å²) in [5, 5.41) is 7.55. The number of likely N-dealkylation sites (tertiary alicyclic amines) is 1. The highest BCUT2D eigenvalue weighted by molar-refractivity contribution is 6.33. The van der Waals surface area contributed by atoms with Crippen molar-refractivity contribution in [1.82, 2.24) is 19.7 Å². The largest absolute Gasteiger partial charge is 0.334 e. The van der Waals surface area contributed by atoms with Gasteiger partial charge < -0.3 is 4.90 Å². The van der Waals surface area contributed by atoms with Gasteiger partial charge in [-0.15, -0.1) is 5.10 Å². The Labute approximate surface area is 138 Å². The summed E-state index contributed by atoms with van der Waals surface area (Å²) in [4.78, 5) is 29.6. The van der Waals surface area contributed by atoms with E-state index >= 15 is 0 Å². The number of anilines is 1. The number of nitrogens with one attached hydrogen (secondary N) is 1. The van der Waals surface area contributed by atoms with Crippen LogP contribution in [0.5, 0.6) is 0 Å². The number of rotatable bonds is 3. The summed E-state index contributed by atoms with van der Waals surface area (Å²) < 4.78 is 1.48. The first kappa shape index (κ1) is 15.5. The Hall–Kier alpha value is -2.41. The standard InChI is InChI=1S/C15H16ClN5O2/c1-20-11(7-8-12(20)22)14(23)18-15-17-13(19-21(15)2)9-5-3-4-6-10(9)16/h3-6,11H,7-8H2,1-2H3,(H,17,18,19,23)/t11-/m1/s1. The predicted octanol–water partition coefficient (Wildman–Crippen LogP) is 1.69. The fourth-order valence-electron chi connectivity index (χ4n) is 2.55. The summed E-state index contributed by atoms with van der Waals surface area (Å²) in [6, 6.07) is 6.76. The maximum absolute atomic E-state index is 12.3. The molecule has 1 saturated heterocycles. The average molecular weight is 334 g/mol. The molecule has 1 aromatic carbocycles. The third-order valence-corrected chi connectivity index (χ3v) is 4.24. The lowest BCUT2D eigenvalue weighted by Crippen LogP contribution is -2.39. The van der Waals surface area contributed by atoms with Gasteiger partial charge in [0, 0.05) is 26.1 Å². The Morgan fingerprint density at radius 2 is 2.09 bits per heavy atom. The van der Waals surface area contributed by atoms with E-state index in [2.05, 4.69) is 15.4 Å². The molecule has 8 heteroatoms. The van der Waals surface area contributed by atoms with Crippen molar-refractivity contribution in [1.29, 1.82) is 0 Å². The quantitative estimate of drug-likeness (QED) is 0.927. The number of carbonyl (C=O) groups is 2. The first-order chi connectivity index (χ1) is 11.0. The molecule has 0 saturated carbocycles. The van der Waals surface area contributed by atoms with E-state index in [-0.39, 0.29) is 11.8 Å². The summed E-state index contributed by atoms with van der Waals surface area (Å²) >= 11 is 6.14. The lowest BCUT2D eigenvalue weighted by atomic mass is 10.2. The maximum atomic E-state index is 12.3. The number of hydrogen-bond donors (Lipinski definition) is 1. The number of aromatic nitrogens is 3. The topological polar surface area (TPSA) is 80.1 Å². The Morgan fingerprint density at radius 1 is 1.35 bits per heavy atom. The Balaban J connectivity index is 1.81. The van der Waals surface area contributed by atoms with Crippen LogP contribution in [0, 0.1) is 0 Å². The van der Waals surface area contributed by atoms with Crippen molar-refractivity contribution >= 4 is 29.4 Å². The first-order valence-electron chi connectivity index (χ1n) is 7.20. The number of likely N-dealkylation sites (N-methyl/N-ethyl adjacent to an activating group) is 1. The van der Waals surface area contributed by atoms with Gasteiger partial charge in [0.1, 0.15) is 6.04 Å². The van der Waals surface area contributed by atoms with Crippen LogP contribution < -0.4 is 5.32 Å². The van der Waals surface area contributed by atoms with Gasteiger partial charge in [0.25, 0.3) is 0 Å². The minimum Gasteiger partial charge on any atom is -0.334 e. The van der Waals surface area contributed by atoms with Crippen molar-refractivity contribution in [3.05, 3.63) is 29.3 Å². The van der Waals surface area contributed by atoms with Crippen LogP contribution in [0.25, 0.3) is 11.4 Å². The van der Waals surface area contributed by atoms with Gasteiger partial charge in [-0.1, -0.05) is 23.7 Å². The fourth-order valence-corrected chi connectivity index (χ4v) is 2.77. The molecule has 3 rings (SSSR count). The van der Waals surface area contributed by atoms with E-state index in [1.807, 2.05) is 18.2 Å². The van der Waals surface area contributed by atoms with Crippen LogP contribution in [0.4, 0.5) is 5.95 Å². The molecule has 1 aliphatic rings. The normalized spacial score (nSPS) is 17.6. The molecular formula is C15H16ClN5O2. The number of benzene rings is 1. The summed E-state index contributed by atoms with van der Waals surface area (Å²) in [7, 11) is 3.32. The van der Waals surface area contributed by atoms with E-state index < -0.39 is 6.04 Å². The number of nitrogens with zero attached hydrogens (tertiary/aromatic N) is 4. The number of aryl methyl sites for hydroxylation is 1. The molecule has 120 valence electrons. The zero-order valence-electron chi connectivity index (χ0n) is 12.8. The van der Waals surface area contributed by atoms with Gasteiger partial charge in [0.05, 0.1) is 5.02 Å². The molecule has 2 amide bonds. The van der Waals surface area contributed by atoms with E-state index in [1.54, 1.807) is 20.2 Å². The third kappa shape index (κ3) is 2.92. The van der Waals surface area contributed by atoms with Crippen molar-refractivity contribution in [2.45, 2.75) is 18.9 Å². The van der Waals surface area contributed by atoms with E-state index in [4.69, 9.17) is 11.6 Å². The second-order valence-corrected chi connectivity index (χ2v) is 5.82. The lowest BCUT2D eigenvalue weighted by Gasteiger charge is -2.18. The first-order valence-corrected chi connectivity index (χ1v) is 7.57. The monoisotopic (exact) mass is 333 g/mol. The molecule has 1 aromatic heterocycles. The minimum absolute atomic E-state index is 0.0279. The molecule has 2 aromatic rings. The Bertz CT molecular complexity index is 773. The fraction of sp³-hybridized carbons (Fsp3) is 0.333. The van der Waals surface area contributed by atoms with E-state index in [0.717, 1.165) is 0 Å². The van der Waals surface area contributed by atoms with Crippen LogP contribution in [0.15, 0.2) is 24.3 Å². The Morgan fingerprint density at radius 3 is 2.74 bits per heavy atom. The van der Waals surface area contributed by atoms with E-state index in [0.29, 0.717) is 35.2 Å². The number of amides is 2. The summed E-state index contributed by atoms with van der Waals surface area (Å²) in [6.07, 6.45) is 0.897. The molecule has 1 N–H and O–H groups in total. The van der Waals surface area contributed by atoms with Crippen LogP contribution in [0.1, 0.15) is 12.8 Å². The van der Waals surface area contributed by atoms with E-state index in [1.165, 1.54) is 9.58 Å². The molecule has 0 bridgehead atoms. The van der Waals surface area contributed by atoms with Crippen molar-refractivity contribution in [2.24, 2.45) is 7.05 Å². The summed E-state index contributed by atoms with van der Waals surface area (Å²) in [6.45, 7) is 0. The number of halogens is 1. The van der Waals surface area contributed by atoms with Crippen LogP contribution in [0.2, 0.25) is 5.02 Å². The van der Waals surface area contributed by atoms with Gasteiger partial charge in [-0.05, 0) is 18.6 Å². The highest BCUT2D eigenvalue weighted by atomic mass is 35.5. The van der Waals surface area contributed by atoms with E-state index in [9.17, 15) is 9.59 Å². The minimum atomic E-state index is -0.469. The average Bonchev–Trinajstić information content (AvgIpc) is 3.04. The molecule has 0 aliphatic carbocycles. The molecule has 1 fully saturated rings. The summed E-state index contributed by atoms with van der Waals surface area (Å²) in [5.74, 6) is 0.460.